The Balaban J connectivity index is 2.26. The Morgan fingerprint density at radius 2 is 2.25 bits per heavy atom. The molecule has 84 valence electrons. The maximum absolute atomic E-state index is 11.3. The molecule has 0 bridgehead atoms. The Morgan fingerprint density at radius 1 is 1.44 bits per heavy atom. The van der Waals surface area contributed by atoms with Crippen LogP contribution < -0.4 is 4.74 Å². The van der Waals surface area contributed by atoms with Crippen LogP contribution in [0.3, 0.4) is 0 Å². The molecule has 1 aromatic rings. The van der Waals surface area contributed by atoms with Crippen molar-refractivity contribution in [1.82, 2.24) is 0 Å². The van der Waals surface area contributed by atoms with E-state index in [1.165, 1.54) is 7.11 Å². The van der Waals surface area contributed by atoms with Crippen molar-refractivity contribution in [3.63, 3.8) is 0 Å². The number of hydrogen-bond acceptors (Lipinski definition) is 4. The third-order valence-corrected chi connectivity index (χ3v) is 2.63. The molecule has 4 heteroatoms. The summed E-state index contributed by atoms with van der Waals surface area (Å²) >= 11 is 0. The van der Waals surface area contributed by atoms with Gasteiger partial charge in [0.15, 0.2) is 6.04 Å². The third-order valence-electron chi connectivity index (χ3n) is 2.63. The SMILES string of the molecule is COC(=O)C1Cc2ccc(OC)cc2C=N1. The van der Waals surface area contributed by atoms with Crippen molar-refractivity contribution < 1.29 is 14.3 Å². The predicted octanol–water partition coefficient (Wildman–Crippen LogP) is 1.21. The molecule has 0 amide bonds. The first kappa shape index (κ1) is 10.7. The van der Waals surface area contributed by atoms with Crippen molar-refractivity contribution in [2.75, 3.05) is 14.2 Å². The van der Waals surface area contributed by atoms with Crippen LogP contribution in [0.5, 0.6) is 5.75 Å². The highest BCUT2D eigenvalue weighted by Gasteiger charge is 2.22. The molecule has 1 aromatic carbocycles. The Kier molecular flexibility index (Phi) is 2.90. The number of carbonyl (C=O) groups is 1. The van der Waals surface area contributed by atoms with Crippen LogP contribution in [0.25, 0.3) is 0 Å². The number of esters is 1. The van der Waals surface area contributed by atoms with Crippen molar-refractivity contribution in [3.8, 4) is 5.75 Å². The van der Waals surface area contributed by atoms with Crippen molar-refractivity contribution in [2.45, 2.75) is 12.5 Å². The van der Waals surface area contributed by atoms with E-state index in [4.69, 9.17) is 4.74 Å². The summed E-state index contributed by atoms with van der Waals surface area (Å²) in [6.07, 6.45) is 2.28. The fourth-order valence-corrected chi connectivity index (χ4v) is 1.72. The molecule has 0 saturated carbocycles. The second-order valence-corrected chi connectivity index (χ2v) is 3.59. The average Bonchev–Trinajstić information content (AvgIpc) is 2.36. The summed E-state index contributed by atoms with van der Waals surface area (Å²) in [5, 5.41) is 0. The van der Waals surface area contributed by atoms with Crippen LogP contribution in [0.1, 0.15) is 11.1 Å². The third kappa shape index (κ3) is 1.91. The summed E-state index contributed by atoms with van der Waals surface area (Å²) in [4.78, 5) is 15.5. The molecule has 0 N–H and O–H groups in total. The molecule has 1 aliphatic heterocycles. The molecule has 1 aliphatic rings. The van der Waals surface area contributed by atoms with Crippen molar-refractivity contribution >= 4 is 12.2 Å². The number of fused-ring (bicyclic) bond motifs is 1. The van der Waals surface area contributed by atoms with Gasteiger partial charge < -0.3 is 9.47 Å². The van der Waals surface area contributed by atoms with Gasteiger partial charge in [-0.2, -0.15) is 0 Å². The van der Waals surface area contributed by atoms with E-state index in [0.29, 0.717) is 6.42 Å². The van der Waals surface area contributed by atoms with E-state index in [1.807, 2.05) is 18.2 Å². The lowest BCUT2D eigenvalue weighted by molar-refractivity contribution is -0.142. The van der Waals surface area contributed by atoms with Gasteiger partial charge in [0.25, 0.3) is 0 Å². The molecule has 0 fully saturated rings. The van der Waals surface area contributed by atoms with Gasteiger partial charge in [-0.25, -0.2) is 4.79 Å². The maximum Gasteiger partial charge on any atom is 0.330 e. The Morgan fingerprint density at radius 3 is 2.94 bits per heavy atom. The van der Waals surface area contributed by atoms with Crippen LogP contribution in [0.4, 0.5) is 0 Å². The second-order valence-electron chi connectivity index (χ2n) is 3.59. The fourth-order valence-electron chi connectivity index (χ4n) is 1.72. The van der Waals surface area contributed by atoms with Gasteiger partial charge in [0.1, 0.15) is 5.75 Å². The Labute approximate surface area is 93.9 Å². The van der Waals surface area contributed by atoms with E-state index < -0.39 is 6.04 Å². The quantitative estimate of drug-likeness (QED) is 0.702. The lowest BCUT2D eigenvalue weighted by Gasteiger charge is -2.17. The van der Waals surface area contributed by atoms with Gasteiger partial charge in [0.2, 0.25) is 0 Å². The van der Waals surface area contributed by atoms with Gasteiger partial charge in [-0.1, -0.05) is 6.07 Å². The van der Waals surface area contributed by atoms with E-state index in [0.717, 1.165) is 16.9 Å². The van der Waals surface area contributed by atoms with Crippen LogP contribution in [0, 0.1) is 0 Å². The zero-order valence-corrected chi connectivity index (χ0v) is 9.27. The topological polar surface area (TPSA) is 47.9 Å². The largest absolute Gasteiger partial charge is 0.497 e. The number of carbonyl (C=O) groups excluding carboxylic acids is 1. The molecule has 1 heterocycles. The average molecular weight is 219 g/mol. The van der Waals surface area contributed by atoms with Gasteiger partial charge in [-0.3, -0.25) is 4.99 Å². The van der Waals surface area contributed by atoms with Gasteiger partial charge in [-0.05, 0) is 23.3 Å². The van der Waals surface area contributed by atoms with Crippen LogP contribution in [-0.2, 0) is 16.0 Å². The van der Waals surface area contributed by atoms with Gasteiger partial charge in [0.05, 0.1) is 14.2 Å². The minimum Gasteiger partial charge on any atom is -0.497 e. The van der Waals surface area contributed by atoms with E-state index >= 15 is 0 Å². The molecule has 16 heavy (non-hydrogen) atoms. The molecule has 4 nitrogen and oxygen atoms in total. The molecular weight excluding hydrogens is 206 g/mol. The number of hydrogen-bond donors (Lipinski definition) is 0. The minimum absolute atomic E-state index is 0.294. The number of benzene rings is 1. The predicted molar refractivity (Wildman–Crippen MR) is 60.1 cm³/mol. The molecule has 0 radical (unpaired) electrons. The first-order valence-electron chi connectivity index (χ1n) is 5.02. The summed E-state index contributed by atoms with van der Waals surface area (Å²) in [7, 11) is 3.00. The first-order chi connectivity index (χ1) is 7.74. The van der Waals surface area contributed by atoms with E-state index in [-0.39, 0.29) is 5.97 Å². The monoisotopic (exact) mass is 219 g/mol. The summed E-state index contributed by atoms with van der Waals surface area (Å²) in [6, 6.07) is 5.33. The Hall–Kier alpha value is -1.84. The van der Waals surface area contributed by atoms with Crippen LogP contribution >= 0.6 is 0 Å². The van der Waals surface area contributed by atoms with E-state index in [1.54, 1.807) is 13.3 Å². The molecule has 0 saturated heterocycles. The standard InChI is InChI=1S/C12H13NO3/c1-15-10-4-3-8-6-11(12(14)16-2)13-7-9(8)5-10/h3-5,7,11H,6H2,1-2H3. The van der Waals surface area contributed by atoms with Crippen molar-refractivity contribution in [2.24, 2.45) is 4.99 Å². The Bertz CT molecular complexity index is 440. The zero-order valence-electron chi connectivity index (χ0n) is 9.27. The highest BCUT2D eigenvalue weighted by Crippen LogP contribution is 2.21. The number of nitrogens with zero attached hydrogens (tertiary/aromatic N) is 1. The highest BCUT2D eigenvalue weighted by molar-refractivity contribution is 5.88. The zero-order chi connectivity index (χ0) is 11.5. The summed E-state index contributed by atoms with van der Waals surface area (Å²) in [5.41, 5.74) is 2.09. The van der Waals surface area contributed by atoms with E-state index in [9.17, 15) is 4.79 Å². The van der Waals surface area contributed by atoms with Crippen LogP contribution in [-0.4, -0.2) is 32.4 Å². The summed E-state index contributed by atoms with van der Waals surface area (Å²) < 4.78 is 9.79. The van der Waals surface area contributed by atoms with E-state index in [2.05, 4.69) is 9.73 Å². The summed E-state index contributed by atoms with van der Waals surface area (Å²) in [5.74, 6) is 0.499. The molecule has 1 unspecified atom stereocenters. The lowest BCUT2D eigenvalue weighted by Crippen LogP contribution is -2.26. The number of rotatable bonds is 2. The minimum atomic E-state index is -0.411. The number of methoxy groups -OCH3 is 2. The van der Waals surface area contributed by atoms with Gasteiger partial charge in [0, 0.05) is 12.6 Å². The smallest absolute Gasteiger partial charge is 0.330 e. The normalized spacial score (nSPS) is 17.8. The number of ether oxygens (including phenoxy) is 2. The van der Waals surface area contributed by atoms with Gasteiger partial charge in [-0.15, -0.1) is 0 Å². The van der Waals surface area contributed by atoms with Crippen molar-refractivity contribution in [1.29, 1.82) is 0 Å². The molecule has 2 rings (SSSR count). The van der Waals surface area contributed by atoms with Crippen molar-refractivity contribution in [3.05, 3.63) is 29.3 Å². The number of aliphatic imine (C=N–C) groups is 1. The molecule has 0 aliphatic carbocycles. The van der Waals surface area contributed by atoms with Crippen LogP contribution in [0.2, 0.25) is 0 Å². The lowest BCUT2D eigenvalue weighted by atomic mass is 9.98. The second kappa shape index (κ2) is 4.35. The molecule has 1 atom stereocenters. The first-order valence-corrected chi connectivity index (χ1v) is 5.02. The summed E-state index contributed by atoms with van der Waals surface area (Å²) in [6.45, 7) is 0. The fraction of sp³-hybridized carbons (Fsp3) is 0.333. The van der Waals surface area contributed by atoms with Gasteiger partial charge >= 0.3 is 5.97 Å². The molecular formula is C12H13NO3. The molecule has 0 aromatic heterocycles. The maximum atomic E-state index is 11.3. The molecule has 0 spiro atoms. The van der Waals surface area contributed by atoms with Crippen LogP contribution in [0.15, 0.2) is 23.2 Å². The highest BCUT2D eigenvalue weighted by atomic mass is 16.5.